The number of urea groups is 1. The fraction of sp³-hybridized carbons (Fsp3) is 0.389. The molecule has 0 spiro atoms. The van der Waals surface area contributed by atoms with E-state index in [0.717, 1.165) is 16.2 Å². The molecule has 27 heavy (non-hydrogen) atoms. The molecule has 0 unspecified atom stereocenters. The van der Waals surface area contributed by atoms with Crippen molar-refractivity contribution in [2.45, 2.75) is 38.1 Å². The number of thiophene rings is 1. The van der Waals surface area contributed by atoms with Crippen LogP contribution in [0.3, 0.4) is 0 Å². The van der Waals surface area contributed by atoms with Gasteiger partial charge in [0.2, 0.25) is 0 Å². The first-order chi connectivity index (χ1) is 12.8. The van der Waals surface area contributed by atoms with Crippen LogP contribution in [-0.2, 0) is 23.1 Å². The second-order valence-corrected chi connectivity index (χ2v) is 9.26. The van der Waals surface area contributed by atoms with Crippen LogP contribution < -0.4 is 10.6 Å². The van der Waals surface area contributed by atoms with Gasteiger partial charge in [0.15, 0.2) is 0 Å². The maximum atomic E-state index is 13.5. The topological polar surface area (TPSA) is 78.5 Å². The Bertz CT molecular complexity index is 893. The Morgan fingerprint density at radius 1 is 1.11 bits per heavy atom. The van der Waals surface area contributed by atoms with Crippen molar-refractivity contribution in [2.24, 2.45) is 0 Å². The van der Waals surface area contributed by atoms with Crippen molar-refractivity contribution in [3.05, 3.63) is 52.2 Å². The summed E-state index contributed by atoms with van der Waals surface area (Å²) in [5.41, 5.74) is 1.22. The number of hydrogen-bond donors (Lipinski definition) is 2. The van der Waals surface area contributed by atoms with Crippen molar-refractivity contribution < 1.29 is 17.6 Å². The molecule has 2 rings (SSSR count). The summed E-state index contributed by atoms with van der Waals surface area (Å²) in [5, 5.41) is 5.33. The monoisotopic (exact) mass is 413 g/mol. The van der Waals surface area contributed by atoms with E-state index in [1.807, 2.05) is 0 Å². The van der Waals surface area contributed by atoms with Crippen molar-refractivity contribution in [3.8, 4) is 0 Å². The van der Waals surface area contributed by atoms with E-state index in [9.17, 15) is 17.6 Å². The maximum absolute atomic E-state index is 13.5. The van der Waals surface area contributed by atoms with Gasteiger partial charge in [0.25, 0.3) is 10.0 Å². The molecule has 9 heteroatoms. The molecule has 0 atom stereocenters. The van der Waals surface area contributed by atoms with Crippen LogP contribution in [0.1, 0.15) is 29.9 Å². The number of hydrogen-bond acceptors (Lipinski definition) is 4. The molecule has 1 aromatic heterocycles. The molecule has 2 N–H and O–H groups in total. The number of carbonyl (C=O) groups excluding carboxylic acids is 1. The molecule has 1 heterocycles. The van der Waals surface area contributed by atoms with Crippen LogP contribution in [0.2, 0.25) is 0 Å². The summed E-state index contributed by atoms with van der Waals surface area (Å²) < 4.78 is 40.1. The number of aryl methyl sites for hydroxylation is 1. The Morgan fingerprint density at radius 2 is 1.78 bits per heavy atom. The average molecular weight is 414 g/mol. The second-order valence-electron chi connectivity index (χ2n) is 5.93. The molecular formula is C18H24FN3O3S2. The smallest absolute Gasteiger partial charge is 0.315 e. The molecular weight excluding hydrogens is 389 g/mol. The highest BCUT2D eigenvalue weighted by atomic mass is 32.2. The summed E-state index contributed by atoms with van der Waals surface area (Å²) in [6.07, 6.45) is 0. The van der Waals surface area contributed by atoms with Crippen LogP contribution in [0, 0.1) is 12.7 Å². The summed E-state index contributed by atoms with van der Waals surface area (Å²) in [4.78, 5) is 12.6. The van der Waals surface area contributed by atoms with E-state index in [0.29, 0.717) is 24.2 Å². The van der Waals surface area contributed by atoms with Crippen LogP contribution in [-0.4, -0.2) is 31.8 Å². The van der Waals surface area contributed by atoms with E-state index in [4.69, 9.17) is 0 Å². The second kappa shape index (κ2) is 9.29. The SMILES string of the molecule is CCN(CC)S(=O)(=O)c1ccc(CNC(=O)NCc2ccc(C)c(F)c2)s1. The molecule has 0 aliphatic heterocycles. The molecule has 6 nitrogen and oxygen atoms in total. The highest BCUT2D eigenvalue weighted by molar-refractivity contribution is 7.91. The molecule has 0 saturated heterocycles. The van der Waals surface area contributed by atoms with Gasteiger partial charge in [0, 0.05) is 24.5 Å². The van der Waals surface area contributed by atoms with Gasteiger partial charge in [-0.25, -0.2) is 17.6 Å². The standard InChI is InChI=1S/C18H24FN3O3S2/c1-4-22(5-2)27(24,25)17-9-8-15(26-17)12-21-18(23)20-11-14-7-6-13(3)16(19)10-14/h6-10H,4-5,11-12H2,1-3H3,(H2,20,21,23). The molecule has 0 bridgehead atoms. The van der Waals surface area contributed by atoms with Gasteiger partial charge in [0.05, 0.1) is 6.54 Å². The lowest BCUT2D eigenvalue weighted by Gasteiger charge is -2.16. The number of halogens is 1. The molecule has 1 aromatic carbocycles. The summed E-state index contributed by atoms with van der Waals surface area (Å²) in [6, 6.07) is 7.64. The van der Waals surface area contributed by atoms with E-state index in [-0.39, 0.29) is 23.1 Å². The minimum absolute atomic E-state index is 0.203. The third-order valence-corrected chi connectivity index (χ3v) is 7.65. The minimum atomic E-state index is -3.48. The van der Waals surface area contributed by atoms with E-state index in [1.165, 1.54) is 10.4 Å². The lowest BCUT2D eigenvalue weighted by atomic mass is 10.1. The third kappa shape index (κ3) is 5.50. The van der Waals surface area contributed by atoms with Crippen LogP contribution >= 0.6 is 11.3 Å². The van der Waals surface area contributed by atoms with E-state index in [1.54, 1.807) is 45.0 Å². The first-order valence-corrected chi connectivity index (χ1v) is 10.9. The molecule has 148 valence electrons. The van der Waals surface area contributed by atoms with Crippen molar-refractivity contribution in [3.63, 3.8) is 0 Å². The molecule has 0 aliphatic carbocycles. The fourth-order valence-corrected chi connectivity index (χ4v) is 5.35. The van der Waals surface area contributed by atoms with Gasteiger partial charge in [-0.15, -0.1) is 11.3 Å². The lowest BCUT2D eigenvalue weighted by Crippen LogP contribution is -2.34. The van der Waals surface area contributed by atoms with Gasteiger partial charge in [-0.1, -0.05) is 26.0 Å². The number of nitrogens with one attached hydrogen (secondary N) is 2. The number of nitrogens with zero attached hydrogens (tertiary/aromatic N) is 1. The van der Waals surface area contributed by atoms with Crippen molar-refractivity contribution in [1.29, 1.82) is 0 Å². The van der Waals surface area contributed by atoms with Crippen LogP contribution in [0.5, 0.6) is 0 Å². The average Bonchev–Trinajstić information content (AvgIpc) is 3.11. The highest BCUT2D eigenvalue weighted by Gasteiger charge is 2.23. The van der Waals surface area contributed by atoms with Crippen molar-refractivity contribution >= 4 is 27.4 Å². The van der Waals surface area contributed by atoms with Gasteiger partial charge in [-0.2, -0.15) is 4.31 Å². The number of carbonyl (C=O) groups is 1. The predicted molar refractivity (Wildman–Crippen MR) is 105 cm³/mol. The Morgan fingerprint density at radius 3 is 2.41 bits per heavy atom. The summed E-state index contributed by atoms with van der Waals surface area (Å²) in [7, 11) is -3.48. The molecule has 0 aliphatic rings. The van der Waals surface area contributed by atoms with Crippen LogP contribution in [0.25, 0.3) is 0 Å². The Labute approximate surface area is 163 Å². The highest BCUT2D eigenvalue weighted by Crippen LogP contribution is 2.24. The number of sulfonamides is 1. The maximum Gasteiger partial charge on any atom is 0.315 e. The molecule has 2 aromatic rings. The van der Waals surface area contributed by atoms with Crippen molar-refractivity contribution in [2.75, 3.05) is 13.1 Å². The quantitative estimate of drug-likeness (QED) is 0.697. The molecule has 0 saturated carbocycles. The van der Waals surface area contributed by atoms with Gasteiger partial charge >= 0.3 is 6.03 Å². The number of rotatable bonds is 8. The Balaban J connectivity index is 1.88. The minimum Gasteiger partial charge on any atom is -0.334 e. The van der Waals surface area contributed by atoms with Gasteiger partial charge < -0.3 is 10.6 Å². The van der Waals surface area contributed by atoms with Crippen molar-refractivity contribution in [1.82, 2.24) is 14.9 Å². The third-order valence-electron chi connectivity index (χ3n) is 4.05. The van der Waals surface area contributed by atoms with E-state index < -0.39 is 16.1 Å². The predicted octanol–water partition coefficient (Wildman–Crippen LogP) is 3.23. The van der Waals surface area contributed by atoms with E-state index in [2.05, 4.69) is 10.6 Å². The lowest BCUT2D eigenvalue weighted by molar-refractivity contribution is 0.240. The van der Waals surface area contributed by atoms with E-state index >= 15 is 0 Å². The largest absolute Gasteiger partial charge is 0.334 e. The first-order valence-electron chi connectivity index (χ1n) is 8.63. The Kier molecular flexibility index (Phi) is 7.34. The van der Waals surface area contributed by atoms with Crippen LogP contribution in [0.15, 0.2) is 34.5 Å². The van der Waals surface area contributed by atoms with Gasteiger partial charge in [-0.05, 0) is 36.2 Å². The summed E-state index contributed by atoms with van der Waals surface area (Å²) in [5.74, 6) is -0.310. The number of amides is 2. The zero-order chi connectivity index (χ0) is 20.0. The van der Waals surface area contributed by atoms with Gasteiger partial charge in [0.1, 0.15) is 10.0 Å². The molecule has 0 radical (unpaired) electrons. The fourth-order valence-electron chi connectivity index (χ4n) is 2.44. The first kappa shape index (κ1) is 21.3. The molecule has 0 fully saturated rings. The normalized spacial score (nSPS) is 11.6. The Hall–Kier alpha value is -1.97. The number of benzene rings is 1. The van der Waals surface area contributed by atoms with Crippen LogP contribution in [0.4, 0.5) is 9.18 Å². The van der Waals surface area contributed by atoms with Gasteiger partial charge in [-0.3, -0.25) is 0 Å². The zero-order valence-corrected chi connectivity index (χ0v) is 17.2. The summed E-state index contributed by atoms with van der Waals surface area (Å²) >= 11 is 1.14. The summed E-state index contributed by atoms with van der Waals surface area (Å²) in [6.45, 7) is 6.50. The molecule has 2 amide bonds. The zero-order valence-electron chi connectivity index (χ0n) is 15.6.